The monoisotopic (exact) mass is 1770 g/mol. The predicted molar refractivity (Wildman–Crippen MR) is 564 cm³/mol. The van der Waals surface area contributed by atoms with E-state index in [0.29, 0.717) is 17.5 Å². The first-order valence-corrected chi connectivity index (χ1v) is 45.9. The summed E-state index contributed by atoms with van der Waals surface area (Å²) in [6, 6.07) is 169. The Morgan fingerprint density at radius 1 is 0.0942 bits per heavy atom. The number of rotatable bonds is 20. The van der Waals surface area contributed by atoms with Gasteiger partial charge in [0.05, 0.1) is 56.9 Å². The summed E-state index contributed by atoms with van der Waals surface area (Å²) in [4.78, 5) is 54.0. The molecule has 23 rings (SSSR count). The van der Waals surface area contributed by atoms with Gasteiger partial charge in [0.15, 0.2) is 17.5 Å². The summed E-state index contributed by atoms with van der Waals surface area (Å²) in [7, 11) is 0. The van der Waals surface area contributed by atoms with Crippen molar-refractivity contribution in [3.63, 3.8) is 0 Å². The van der Waals surface area contributed by atoms with Gasteiger partial charge in [0.1, 0.15) is 0 Å². The number of hydrogen-bond acceptors (Lipinski definition) is 11. The zero-order valence-corrected chi connectivity index (χ0v) is 75.1. The summed E-state index contributed by atoms with van der Waals surface area (Å²) in [5, 5.41) is 0. The average molecular weight is 1770 g/mol. The van der Waals surface area contributed by atoms with Gasteiger partial charge in [-0.15, -0.1) is 0 Å². The highest BCUT2D eigenvalue weighted by molar-refractivity contribution is 5.89. The van der Waals surface area contributed by atoms with Gasteiger partial charge in [-0.25, -0.2) is 24.9 Å². The number of benzene rings is 14. The molecule has 0 saturated heterocycles. The Morgan fingerprint density at radius 2 is 0.319 bits per heavy atom. The minimum Gasteiger partial charge on any atom is -0.256 e. The molecule has 0 N–H and O–H groups in total. The molecule has 0 spiro atoms. The Balaban J connectivity index is 0.000000124. The number of pyridine rings is 8. The first-order valence-electron chi connectivity index (χ1n) is 45.9. The largest absolute Gasteiger partial charge is 0.256 e. The van der Waals surface area contributed by atoms with E-state index in [-0.39, 0.29) is 0 Å². The second-order valence-corrected chi connectivity index (χ2v) is 33.3. The number of aromatic nitrogens is 11. The smallest absolute Gasteiger partial charge is 0.164 e. The van der Waals surface area contributed by atoms with Crippen LogP contribution in [-0.2, 0) is 0 Å². The predicted octanol–water partition coefficient (Wildman–Crippen LogP) is 31.7. The number of hydrogen-bond donors (Lipinski definition) is 0. The van der Waals surface area contributed by atoms with Gasteiger partial charge >= 0.3 is 0 Å². The van der Waals surface area contributed by atoms with E-state index in [4.69, 9.17) is 39.9 Å². The minimum atomic E-state index is 0.586. The molecular weight excluding hydrogens is 1680 g/mol. The molecule has 650 valence electrons. The fourth-order valence-corrected chi connectivity index (χ4v) is 17.1. The van der Waals surface area contributed by atoms with E-state index in [9.17, 15) is 0 Å². The first kappa shape index (κ1) is 86.0. The summed E-state index contributed by atoms with van der Waals surface area (Å²) in [6.07, 6.45) is 11.2. The Bertz CT molecular complexity index is 7390. The van der Waals surface area contributed by atoms with E-state index in [2.05, 4.69) is 361 Å². The molecule has 9 heterocycles. The Labute approximate surface area is 802 Å². The average Bonchev–Trinajstić information content (AvgIpc) is 0.792. The van der Waals surface area contributed by atoms with Crippen molar-refractivity contribution in [2.45, 2.75) is 0 Å². The van der Waals surface area contributed by atoms with Gasteiger partial charge in [-0.3, -0.25) is 29.9 Å². The maximum absolute atomic E-state index is 5.13. The fourth-order valence-electron chi connectivity index (χ4n) is 17.1. The third-order valence-corrected chi connectivity index (χ3v) is 24.1. The zero-order chi connectivity index (χ0) is 92.4. The standard InChI is InChI=1S/C45H31N3.C43H29N5.C39H27N3/c1-5-13-32(14-6-1)36-21-23-46-42(28-36)40-25-38(26-41(27-40)43-29-37(22-24-47-43)33-15-7-2-8-16-33)39-30-44(34-17-9-3-10-18-34)48-45(31-39)35-19-11-4-12-20-35;1-3-13-30(14-4-1)36-27-37(31-15-5-2-6-16-31)29-38(28-36)43-47-41(34-19-11-17-32(25-34)39-21-7-9-23-44-39)46-42(48-43)35-20-12-18-33(26-35)40-22-8-10-24-45-40;1-4-12-28(13-5-1)31-19-20-37(41-27-31)35-23-32(22-34(24-35)36-18-10-11-21-40-36)33-25-38(29-14-6-2-7-15-29)42-39(26-33)30-16-8-3-9-17-30/h1-31H;1-29H;1-27H. The van der Waals surface area contributed by atoms with Crippen LogP contribution in [0.5, 0.6) is 0 Å². The Morgan fingerprint density at radius 3 is 0.645 bits per heavy atom. The van der Waals surface area contributed by atoms with E-state index in [0.717, 1.165) is 207 Å². The van der Waals surface area contributed by atoms with Crippen LogP contribution >= 0.6 is 0 Å². The second-order valence-electron chi connectivity index (χ2n) is 33.3. The van der Waals surface area contributed by atoms with Gasteiger partial charge in [0, 0.05) is 115 Å². The summed E-state index contributed by atoms with van der Waals surface area (Å²) in [5.74, 6) is 1.77. The van der Waals surface area contributed by atoms with Crippen LogP contribution in [0.3, 0.4) is 0 Å². The van der Waals surface area contributed by atoms with Crippen molar-refractivity contribution in [1.29, 1.82) is 0 Å². The molecule has 0 fully saturated rings. The lowest BCUT2D eigenvalue weighted by Gasteiger charge is -2.14. The highest BCUT2D eigenvalue weighted by Crippen LogP contribution is 2.42. The lowest BCUT2D eigenvalue weighted by Crippen LogP contribution is -2.01. The molecule has 11 nitrogen and oxygen atoms in total. The molecule has 14 aromatic carbocycles. The third kappa shape index (κ3) is 20.3. The SMILES string of the molecule is c1ccc(-c2cc(-c3ccccc3)cc(-c3nc(-c4cccc(-c5ccccn5)c4)nc(-c4cccc(-c5ccccn5)c4)n3)c2)cc1.c1ccc(-c2ccc(-c3cc(-c4cc(-c5ccccc5)nc(-c5ccccc5)c4)cc(-c4ccccn4)c3)nc2)cc1.c1ccc(-c2ccnc(-c3cc(-c4cc(-c5ccccc5)nc(-c5ccccc5)c4)cc(-c4cc(-c5ccccc5)ccn4)c3)c2)cc1. The highest BCUT2D eigenvalue weighted by Gasteiger charge is 2.21. The van der Waals surface area contributed by atoms with Crippen molar-refractivity contribution in [2.75, 3.05) is 0 Å². The van der Waals surface area contributed by atoms with Crippen LogP contribution in [-0.4, -0.2) is 54.8 Å². The van der Waals surface area contributed by atoms with Gasteiger partial charge in [-0.1, -0.05) is 334 Å². The van der Waals surface area contributed by atoms with Crippen LogP contribution in [0.25, 0.3) is 225 Å². The van der Waals surface area contributed by atoms with Crippen molar-refractivity contribution < 1.29 is 0 Å². The maximum Gasteiger partial charge on any atom is 0.164 e. The van der Waals surface area contributed by atoms with Gasteiger partial charge in [0.25, 0.3) is 0 Å². The van der Waals surface area contributed by atoms with Crippen LogP contribution in [0.4, 0.5) is 0 Å². The van der Waals surface area contributed by atoms with Crippen molar-refractivity contribution >= 4 is 0 Å². The van der Waals surface area contributed by atoms with Gasteiger partial charge in [-0.2, -0.15) is 0 Å². The van der Waals surface area contributed by atoms with Crippen molar-refractivity contribution in [1.82, 2.24) is 54.8 Å². The van der Waals surface area contributed by atoms with Crippen molar-refractivity contribution in [3.8, 4) is 225 Å². The molecule has 9 aromatic heterocycles. The lowest BCUT2D eigenvalue weighted by atomic mass is 9.93. The molecule has 0 radical (unpaired) electrons. The van der Waals surface area contributed by atoms with Crippen LogP contribution in [0.1, 0.15) is 0 Å². The molecule has 0 saturated carbocycles. The molecule has 23 aromatic rings. The molecular formula is C127H87N11. The maximum atomic E-state index is 5.13. The van der Waals surface area contributed by atoms with E-state index in [1.165, 1.54) is 0 Å². The molecule has 0 bridgehead atoms. The van der Waals surface area contributed by atoms with Crippen LogP contribution < -0.4 is 0 Å². The normalized spacial score (nSPS) is 10.9. The van der Waals surface area contributed by atoms with Crippen molar-refractivity contribution in [2.24, 2.45) is 0 Å². The van der Waals surface area contributed by atoms with E-state index in [1.54, 1.807) is 12.4 Å². The zero-order valence-electron chi connectivity index (χ0n) is 75.1. The molecule has 0 aliphatic rings. The van der Waals surface area contributed by atoms with E-state index >= 15 is 0 Å². The summed E-state index contributed by atoms with van der Waals surface area (Å²) >= 11 is 0. The molecule has 0 amide bonds. The molecule has 0 aliphatic carbocycles. The Hall–Kier alpha value is -18.7. The van der Waals surface area contributed by atoms with Gasteiger partial charge in [0.2, 0.25) is 0 Å². The second kappa shape index (κ2) is 41.0. The van der Waals surface area contributed by atoms with Gasteiger partial charge in [-0.05, 0) is 230 Å². The quantitative estimate of drug-likeness (QED) is 0.0720. The highest BCUT2D eigenvalue weighted by atomic mass is 15.0. The van der Waals surface area contributed by atoms with Crippen LogP contribution in [0, 0.1) is 0 Å². The van der Waals surface area contributed by atoms with Crippen molar-refractivity contribution in [3.05, 3.63) is 529 Å². The molecule has 138 heavy (non-hydrogen) atoms. The molecule has 0 atom stereocenters. The first-order chi connectivity index (χ1) is 68.3. The van der Waals surface area contributed by atoms with Crippen LogP contribution in [0.2, 0.25) is 0 Å². The Kier molecular flexibility index (Phi) is 25.5. The summed E-state index contributed by atoms with van der Waals surface area (Å²) in [6.45, 7) is 0. The summed E-state index contributed by atoms with van der Waals surface area (Å²) in [5.41, 5.74) is 37.7. The van der Waals surface area contributed by atoms with E-state index in [1.807, 2.05) is 170 Å². The topological polar surface area (TPSA) is 142 Å². The van der Waals surface area contributed by atoms with Crippen LogP contribution in [0.15, 0.2) is 529 Å². The molecule has 0 unspecified atom stereocenters. The van der Waals surface area contributed by atoms with Gasteiger partial charge < -0.3 is 0 Å². The molecule has 11 heteroatoms. The summed E-state index contributed by atoms with van der Waals surface area (Å²) < 4.78 is 0. The fraction of sp³-hybridized carbons (Fsp3) is 0. The number of nitrogens with zero attached hydrogens (tertiary/aromatic N) is 11. The lowest BCUT2D eigenvalue weighted by molar-refractivity contribution is 1.07. The minimum absolute atomic E-state index is 0.586. The third-order valence-electron chi connectivity index (χ3n) is 24.1. The van der Waals surface area contributed by atoms with E-state index < -0.39 is 0 Å². The molecule has 0 aliphatic heterocycles.